The second-order valence-electron chi connectivity index (χ2n) is 5.76. The number of amides is 1. The molecule has 0 saturated carbocycles. The summed E-state index contributed by atoms with van der Waals surface area (Å²) in [4.78, 5) is 17.8. The third-order valence-corrected chi connectivity index (χ3v) is 5.18. The number of rotatable bonds is 7. The highest BCUT2D eigenvalue weighted by atomic mass is 79.9. The van der Waals surface area contributed by atoms with Gasteiger partial charge in [0.25, 0.3) is 0 Å². The molecule has 0 spiro atoms. The lowest BCUT2D eigenvalue weighted by atomic mass is 10.1. The van der Waals surface area contributed by atoms with Crippen LogP contribution in [0.5, 0.6) is 11.5 Å². The second kappa shape index (κ2) is 9.01. The molecule has 27 heavy (non-hydrogen) atoms. The van der Waals surface area contributed by atoms with Crippen molar-refractivity contribution < 1.29 is 14.3 Å². The quantitative estimate of drug-likeness (QED) is 0.534. The Bertz CT molecular complexity index is 925. The van der Waals surface area contributed by atoms with E-state index < -0.39 is 0 Å². The number of nitrogens with zero attached hydrogens (tertiary/aromatic N) is 1. The van der Waals surface area contributed by atoms with E-state index in [-0.39, 0.29) is 12.3 Å². The molecule has 5 nitrogen and oxygen atoms in total. The van der Waals surface area contributed by atoms with E-state index in [0.717, 1.165) is 32.1 Å². The van der Waals surface area contributed by atoms with Crippen molar-refractivity contribution in [2.75, 3.05) is 19.0 Å². The molecule has 3 aromatic rings. The Morgan fingerprint density at radius 1 is 1.19 bits per heavy atom. The van der Waals surface area contributed by atoms with Gasteiger partial charge in [-0.1, -0.05) is 22.0 Å². The SMILES string of the molecule is COc1ccc(-c2nc(NC(=O)CCOc3cccc(Br)c3)sc2C)cc1. The highest BCUT2D eigenvalue weighted by Gasteiger charge is 2.12. The van der Waals surface area contributed by atoms with Crippen molar-refractivity contribution in [2.24, 2.45) is 0 Å². The first kappa shape index (κ1) is 19.4. The number of hydrogen-bond donors (Lipinski definition) is 1. The minimum atomic E-state index is -0.125. The average Bonchev–Trinajstić information content (AvgIpc) is 3.02. The number of methoxy groups -OCH3 is 1. The van der Waals surface area contributed by atoms with Crippen molar-refractivity contribution in [3.8, 4) is 22.8 Å². The third-order valence-electron chi connectivity index (χ3n) is 3.80. The van der Waals surface area contributed by atoms with Crippen LogP contribution in [0.4, 0.5) is 5.13 Å². The van der Waals surface area contributed by atoms with Crippen molar-refractivity contribution in [1.29, 1.82) is 0 Å². The zero-order chi connectivity index (χ0) is 19.2. The maximum absolute atomic E-state index is 12.2. The second-order valence-corrected chi connectivity index (χ2v) is 7.88. The van der Waals surface area contributed by atoms with E-state index in [0.29, 0.717) is 11.7 Å². The summed E-state index contributed by atoms with van der Waals surface area (Å²) in [5.41, 5.74) is 1.85. The summed E-state index contributed by atoms with van der Waals surface area (Å²) in [6, 6.07) is 15.2. The number of aryl methyl sites for hydroxylation is 1. The summed E-state index contributed by atoms with van der Waals surface area (Å²) < 4.78 is 11.7. The van der Waals surface area contributed by atoms with Gasteiger partial charge in [0, 0.05) is 14.9 Å². The van der Waals surface area contributed by atoms with Crippen molar-refractivity contribution >= 4 is 38.3 Å². The Hall–Kier alpha value is -2.38. The molecule has 0 atom stereocenters. The maximum Gasteiger partial charge on any atom is 0.229 e. The highest BCUT2D eigenvalue weighted by Crippen LogP contribution is 2.31. The lowest BCUT2D eigenvalue weighted by Crippen LogP contribution is -2.15. The standard InChI is InChI=1S/C20H19BrN2O3S/c1-13-19(14-6-8-16(25-2)9-7-14)23-20(27-13)22-18(24)10-11-26-17-5-3-4-15(21)12-17/h3-9,12H,10-11H2,1-2H3,(H,22,23,24). The molecule has 1 heterocycles. The molecule has 0 aliphatic heterocycles. The molecule has 140 valence electrons. The van der Waals surface area contributed by atoms with Gasteiger partial charge >= 0.3 is 0 Å². The van der Waals surface area contributed by atoms with Gasteiger partial charge in [-0.2, -0.15) is 0 Å². The van der Waals surface area contributed by atoms with E-state index in [1.807, 2.05) is 55.5 Å². The third kappa shape index (κ3) is 5.30. The first-order chi connectivity index (χ1) is 13.0. The molecule has 7 heteroatoms. The van der Waals surface area contributed by atoms with Crippen molar-refractivity contribution in [3.05, 3.63) is 57.9 Å². The summed E-state index contributed by atoms with van der Waals surface area (Å²) in [6.07, 6.45) is 0.253. The zero-order valence-corrected chi connectivity index (χ0v) is 17.4. The van der Waals surface area contributed by atoms with Gasteiger partial charge in [0.05, 0.1) is 25.8 Å². The van der Waals surface area contributed by atoms with Gasteiger partial charge in [-0.3, -0.25) is 4.79 Å². The van der Waals surface area contributed by atoms with Crippen LogP contribution in [0, 0.1) is 6.92 Å². The molecule has 3 rings (SSSR count). The van der Waals surface area contributed by atoms with E-state index in [1.54, 1.807) is 7.11 Å². The smallest absolute Gasteiger partial charge is 0.229 e. The van der Waals surface area contributed by atoms with E-state index in [2.05, 4.69) is 26.2 Å². The molecule has 0 aliphatic carbocycles. The molecule has 0 radical (unpaired) electrons. The monoisotopic (exact) mass is 446 g/mol. The maximum atomic E-state index is 12.2. The highest BCUT2D eigenvalue weighted by molar-refractivity contribution is 9.10. The Morgan fingerprint density at radius 2 is 1.96 bits per heavy atom. The summed E-state index contributed by atoms with van der Waals surface area (Å²) >= 11 is 4.85. The molecule has 0 fully saturated rings. The number of carbonyl (C=O) groups excluding carboxylic acids is 1. The fourth-order valence-corrected chi connectivity index (χ4v) is 3.70. The van der Waals surface area contributed by atoms with Gasteiger partial charge in [0.15, 0.2) is 5.13 Å². The van der Waals surface area contributed by atoms with E-state index in [4.69, 9.17) is 9.47 Å². The minimum absolute atomic E-state index is 0.125. The summed E-state index contributed by atoms with van der Waals surface area (Å²) in [6.45, 7) is 2.29. The van der Waals surface area contributed by atoms with Gasteiger partial charge in [-0.05, 0) is 49.4 Å². The first-order valence-corrected chi connectivity index (χ1v) is 9.96. The van der Waals surface area contributed by atoms with Gasteiger partial charge < -0.3 is 14.8 Å². The van der Waals surface area contributed by atoms with Crippen LogP contribution in [-0.2, 0) is 4.79 Å². The van der Waals surface area contributed by atoms with Crippen molar-refractivity contribution in [1.82, 2.24) is 4.98 Å². The van der Waals surface area contributed by atoms with Crippen LogP contribution in [0.15, 0.2) is 53.0 Å². The molecular weight excluding hydrogens is 428 g/mol. The van der Waals surface area contributed by atoms with Crippen LogP contribution in [-0.4, -0.2) is 24.6 Å². The van der Waals surface area contributed by atoms with E-state index in [9.17, 15) is 4.79 Å². The normalized spacial score (nSPS) is 10.5. The zero-order valence-electron chi connectivity index (χ0n) is 15.0. The van der Waals surface area contributed by atoms with Crippen molar-refractivity contribution in [3.63, 3.8) is 0 Å². The Balaban J connectivity index is 1.56. The van der Waals surface area contributed by atoms with Crippen molar-refractivity contribution in [2.45, 2.75) is 13.3 Å². The van der Waals surface area contributed by atoms with Gasteiger partial charge in [-0.15, -0.1) is 11.3 Å². The molecule has 0 unspecified atom stereocenters. The van der Waals surface area contributed by atoms with Crippen LogP contribution in [0.25, 0.3) is 11.3 Å². The molecular formula is C20H19BrN2O3S. The Labute approximate surface area is 170 Å². The number of thiazole rings is 1. The molecule has 1 amide bonds. The van der Waals surface area contributed by atoms with Gasteiger partial charge in [0.1, 0.15) is 11.5 Å². The van der Waals surface area contributed by atoms with Crippen LogP contribution in [0.1, 0.15) is 11.3 Å². The topological polar surface area (TPSA) is 60.5 Å². The lowest BCUT2D eigenvalue weighted by molar-refractivity contribution is -0.116. The predicted octanol–water partition coefficient (Wildman–Crippen LogP) is 5.30. The Morgan fingerprint density at radius 3 is 2.67 bits per heavy atom. The lowest BCUT2D eigenvalue weighted by Gasteiger charge is -2.06. The molecule has 0 aliphatic rings. The average molecular weight is 447 g/mol. The van der Waals surface area contributed by atoms with Gasteiger partial charge in [0.2, 0.25) is 5.91 Å². The van der Waals surface area contributed by atoms with E-state index >= 15 is 0 Å². The number of benzene rings is 2. The van der Waals surface area contributed by atoms with E-state index in [1.165, 1.54) is 11.3 Å². The molecule has 1 N–H and O–H groups in total. The molecule has 0 saturated heterocycles. The summed E-state index contributed by atoms with van der Waals surface area (Å²) in [5.74, 6) is 1.40. The van der Waals surface area contributed by atoms with Gasteiger partial charge in [-0.25, -0.2) is 4.98 Å². The number of anilines is 1. The number of nitrogens with one attached hydrogen (secondary N) is 1. The molecule has 0 bridgehead atoms. The Kier molecular flexibility index (Phi) is 6.47. The fraction of sp³-hybridized carbons (Fsp3) is 0.200. The number of ether oxygens (including phenoxy) is 2. The first-order valence-electron chi connectivity index (χ1n) is 8.35. The summed E-state index contributed by atoms with van der Waals surface area (Å²) in [7, 11) is 1.64. The van der Waals surface area contributed by atoms with Crippen LogP contribution in [0.3, 0.4) is 0 Å². The molecule has 1 aromatic heterocycles. The van der Waals surface area contributed by atoms with Crippen LogP contribution < -0.4 is 14.8 Å². The fourth-order valence-electron chi connectivity index (χ4n) is 2.47. The number of hydrogen-bond acceptors (Lipinski definition) is 5. The molecule has 2 aromatic carbocycles. The largest absolute Gasteiger partial charge is 0.497 e. The number of carbonyl (C=O) groups is 1. The predicted molar refractivity (Wildman–Crippen MR) is 112 cm³/mol. The van der Waals surface area contributed by atoms with Crippen LogP contribution in [0.2, 0.25) is 0 Å². The number of aromatic nitrogens is 1. The number of halogens is 1. The minimum Gasteiger partial charge on any atom is -0.497 e. The van der Waals surface area contributed by atoms with Crippen LogP contribution >= 0.6 is 27.3 Å². The summed E-state index contributed by atoms with van der Waals surface area (Å²) in [5, 5.41) is 3.44.